The van der Waals surface area contributed by atoms with Gasteiger partial charge in [-0.2, -0.15) is 0 Å². The van der Waals surface area contributed by atoms with E-state index in [4.69, 9.17) is 10.5 Å². The highest BCUT2D eigenvalue weighted by Gasteiger charge is 2.26. The van der Waals surface area contributed by atoms with Gasteiger partial charge in [0, 0.05) is 23.8 Å². The number of ether oxygens (including phenoxy) is 1. The van der Waals surface area contributed by atoms with Gasteiger partial charge in [-0.25, -0.2) is 4.68 Å². The van der Waals surface area contributed by atoms with Crippen molar-refractivity contribution in [2.75, 3.05) is 12.3 Å². The third kappa shape index (κ3) is 2.38. The van der Waals surface area contributed by atoms with Crippen molar-refractivity contribution in [3.8, 4) is 11.4 Å². The number of benzene rings is 1. The van der Waals surface area contributed by atoms with E-state index >= 15 is 0 Å². The summed E-state index contributed by atoms with van der Waals surface area (Å²) >= 11 is 0. The fourth-order valence-electron chi connectivity index (χ4n) is 2.64. The Hall–Kier alpha value is -1.95. The molecule has 0 spiro atoms. The van der Waals surface area contributed by atoms with Crippen LogP contribution in [0.3, 0.4) is 0 Å². The maximum atomic E-state index is 5.87. The van der Waals surface area contributed by atoms with Crippen LogP contribution in [0.1, 0.15) is 18.9 Å². The monoisotopic (exact) mass is 273 g/mol. The molecule has 2 heterocycles. The number of rotatable bonds is 3. The molecule has 1 aromatic heterocycles. The third-order valence-electron chi connectivity index (χ3n) is 3.98. The fraction of sp³-hybridized carbons (Fsp3) is 0.500. The molecule has 6 heteroatoms. The van der Waals surface area contributed by atoms with Crippen LogP contribution in [-0.2, 0) is 11.3 Å². The van der Waals surface area contributed by atoms with Gasteiger partial charge >= 0.3 is 0 Å². The molecule has 106 valence electrons. The number of hydrogen-bond donors (Lipinski definition) is 1. The number of nitrogens with zero attached hydrogens (tertiary/aromatic N) is 4. The van der Waals surface area contributed by atoms with Gasteiger partial charge in [0.25, 0.3) is 0 Å². The second kappa shape index (κ2) is 5.20. The van der Waals surface area contributed by atoms with Crippen molar-refractivity contribution < 1.29 is 4.74 Å². The minimum Gasteiger partial charge on any atom is -0.399 e. The van der Waals surface area contributed by atoms with Gasteiger partial charge < -0.3 is 10.5 Å². The highest BCUT2D eigenvalue weighted by Crippen LogP contribution is 2.26. The first kappa shape index (κ1) is 13.1. The van der Waals surface area contributed by atoms with Crippen molar-refractivity contribution in [2.24, 2.45) is 5.92 Å². The number of hydrogen-bond acceptors (Lipinski definition) is 5. The molecule has 3 rings (SSSR count). The minimum atomic E-state index is 0.258. The van der Waals surface area contributed by atoms with Crippen LogP contribution in [-0.4, -0.2) is 32.9 Å². The average Bonchev–Trinajstić information content (AvgIpc) is 3.03. The summed E-state index contributed by atoms with van der Waals surface area (Å²) in [6.45, 7) is 5.74. The summed E-state index contributed by atoms with van der Waals surface area (Å²) in [5, 5.41) is 12.1. The lowest BCUT2D eigenvalue weighted by Crippen LogP contribution is -2.19. The van der Waals surface area contributed by atoms with Crippen molar-refractivity contribution in [2.45, 2.75) is 32.9 Å². The normalized spacial score (nSPS) is 22.3. The van der Waals surface area contributed by atoms with Gasteiger partial charge in [-0.1, -0.05) is 6.07 Å². The summed E-state index contributed by atoms with van der Waals surface area (Å²) in [5.41, 5.74) is 8.70. The maximum Gasteiger partial charge on any atom is 0.182 e. The standard InChI is InChI=1S/C14H19N5O/c1-9-3-4-12(15)7-13(9)14-16-17-18-19(14)8-11-5-6-20-10(11)2/h3-4,7,10-11H,5-6,8,15H2,1-2H3. The molecule has 0 radical (unpaired) electrons. The highest BCUT2D eigenvalue weighted by atomic mass is 16.5. The molecule has 1 aliphatic rings. The van der Waals surface area contributed by atoms with Crippen LogP contribution in [0.2, 0.25) is 0 Å². The largest absolute Gasteiger partial charge is 0.399 e. The first-order valence-electron chi connectivity index (χ1n) is 6.89. The van der Waals surface area contributed by atoms with Gasteiger partial charge in [-0.05, 0) is 48.4 Å². The molecule has 2 unspecified atom stereocenters. The van der Waals surface area contributed by atoms with Crippen molar-refractivity contribution >= 4 is 5.69 Å². The Morgan fingerprint density at radius 3 is 3.05 bits per heavy atom. The number of tetrazole rings is 1. The lowest BCUT2D eigenvalue weighted by Gasteiger charge is -2.15. The van der Waals surface area contributed by atoms with Crippen LogP contribution in [0.5, 0.6) is 0 Å². The molecule has 0 bridgehead atoms. The zero-order valence-electron chi connectivity index (χ0n) is 11.8. The quantitative estimate of drug-likeness (QED) is 0.860. The molecule has 2 atom stereocenters. The van der Waals surface area contributed by atoms with Crippen LogP contribution < -0.4 is 5.73 Å². The van der Waals surface area contributed by atoms with Crippen molar-refractivity contribution in [1.29, 1.82) is 0 Å². The van der Waals surface area contributed by atoms with Crippen LogP contribution >= 0.6 is 0 Å². The lowest BCUT2D eigenvalue weighted by atomic mass is 10.0. The molecular weight excluding hydrogens is 254 g/mol. The topological polar surface area (TPSA) is 78.9 Å². The fourth-order valence-corrected chi connectivity index (χ4v) is 2.64. The summed E-state index contributed by atoms with van der Waals surface area (Å²) in [5.74, 6) is 1.23. The van der Waals surface area contributed by atoms with Gasteiger partial charge in [0.05, 0.1) is 12.6 Å². The zero-order chi connectivity index (χ0) is 14.1. The molecule has 1 aromatic carbocycles. The van der Waals surface area contributed by atoms with Gasteiger partial charge in [-0.3, -0.25) is 0 Å². The minimum absolute atomic E-state index is 0.258. The Morgan fingerprint density at radius 1 is 1.45 bits per heavy atom. The summed E-state index contributed by atoms with van der Waals surface area (Å²) in [4.78, 5) is 0. The molecule has 2 N–H and O–H groups in total. The highest BCUT2D eigenvalue weighted by molar-refractivity contribution is 5.65. The zero-order valence-corrected chi connectivity index (χ0v) is 11.8. The second-order valence-electron chi connectivity index (χ2n) is 5.38. The van der Waals surface area contributed by atoms with Gasteiger partial charge in [0.15, 0.2) is 5.82 Å². The molecule has 0 amide bonds. The summed E-state index contributed by atoms with van der Waals surface area (Å²) in [7, 11) is 0. The van der Waals surface area contributed by atoms with E-state index in [2.05, 4.69) is 22.4 Å². The molecular formula is C14H19N5O. The molecule has 1 aliphatic heterocycles. The van der Waals surface area contributed by atoms with Crippen molar-refractivity contribution in [3.63, 3.8) is 0 Å². The van der Waals surface area contributed by atoms with E-state index in [9.17, 15) is 0 Å². The van der Waals surface area contributed by atoms with Crippen LogP contribution in [0.15, 0.2) is 18.2 Å². The molecule has 0 saturated carbocycles. The predicted molar refractivity (Wildman–Crippen MR) is 75.9 cm³/mol. The maximum absolute atomic E-state index is 5.87. The average molecular weight is 273 g/mol. The molecule has 0 aliphatic carbocycles. The summed E-state index contributed by atoms with van der Waals surface area (Å²) in [6.07, 6.45) is 1.31. The third-order valence-corrected chi connectivity index (χ3v) is 3.98. The van der Waals surface area contributed by atoms with Crippen LogP contribution in [0.4, 0.5) is 5.69 Å². The van der Waals surface area contributed by atoms with E-state index in [1.807, 2.05) is 29.8 Å². The number of aromatic nitrogens is 4. The molecule has 6 nitrogen and oxygen atoms in total. The Balaban J connectivity index is 1.91. The Labute approximate surface area is 117 Å². The predicted octanol–water partition coefficient (Wildman–Crippen LogP) is 1.66. The Morgan fingerprint density at radius 2 is 2.30 bits per heavy atom. The van der Waals surface area contributed by atoms with E-state index in [1.54, 1.807) is 0 Å². The van der Waals surface area contributed by atoms with E-state index in [-0.39, 0.29) is 6.10 Å². The van der Waals surface area contributed by atoms with E-state index in [1.165, 1.54) is 0 Å². The molecule has 20 heavy (non-hydrogen) atoms. The van der Waals surface area contributed by atoms with E-state index < -0.39 is 0 Å². The number of nitrogen functional groups attached to an aromatic ring is 1. The Bertz CT molecular complexity index is 609. The van der Waals surface area contributed by atoms with Crippen LogP contribution in [0, 0.1) is 12.8 Å². The molecule has 1 fully saturated rings. The lowest BCUT2D eigenvalue weighted by molar-refractivity contribution is 0.101. The van der Waals surface area contributed by atoms with Gasteiger partial charge in [-0.15, -0.1) is 5.10 Å². The SMILES string of the molecule is Cc1ccc(N)cc1-c1nnnn1CC1CCOC1C. The smallest absolute Gasteiger partial charge is 0.182 e. The van der Waals surface area contributed by atoms with E-state index in [0.717, 1.165) is 42.2 Å². The first-order valence-corrected chi connectivity index (χ1v) is 6.89. The summed E-state index contributed by atoms with van der Waals surface area (Å²) in [6, 6.07) is 5.80. The van der Waals surface area contributed by atoms with Gasteiger partial charge in [0.2, 0.25) is 0 Å². The summed E-state index contributed by atoms with van der Waals surface area (Å²) < 4.78 is 7.46. The molecule has 1 saturated heterocycles. The number of aryl methyl sites for hydroxylation is 1. The van der Waals surface area contributed by atoms with Gasteiger partial charge in [0.1, 0.15) is 0 Å². The second-order valence-corrected chi connectivity index (χ2v) is 5.38. The Kier molecular flexibility index (Phi) is 3.40. The van der Waals surface area contributed by atoms with E-state index in [0.29, 0.717) is 5.92 Å². The molecule has 2 aromatic rings. The van der Waals surface area contributed by atoms with Crippen molar-refractivity contribution in [1.82, 2.24) is 20.2 Å². The number of anilines is 1. The first-order chi connectivity index (χ1) is 9.65. The van der Waals surface area contributed by atoms with Crippen LogP contribution in [0.25, 0.3) is 11.4 Å². The number of nitrogens with two attached hydrogens (primary N) is 1. The van der Waals surface area contributed by atoms with Crippen molar-refractivity contribution in [3.05, 3.63) is 23.8 Å².